The van der Waals surface area contributed by atoms with E-state index in [0.29, 0.717) is 13.1 Å². The molecule has 0 bridgehead atoms. The monoisotopic (exact) mass is 396 g/mol. The molecule has 1 aromatic heterocycles. The number of rotatable bonds is 5. The summed E-state index contributed by atoms with van der Waals surface area (Å²) in [6, 6.07) is -0.576. The van der Waals surface area contributed by atoms with E-state index in [0.717, 1.165) is 30.3 Å². The van der Waals surface area contributed by atoms with Crippen LogP contribution in [0.15, 0.2) is 5.38 Å². The number of nitrogens with zero attached hydrogens (tertiary/aromatic N) is 3. The second-order valence-electron chi connectivity index (χ2n) is 8.33. The lowest BCUT2D eigenvalue weighted by Crippen LogP contribution is -2.56. The smallest absolute Gasteiger partial charge is 0.408 e. The second-order valence-corrected chi connectivity index (χ2v) is 9.39. The molecular formula is C19H32N4O3S. The van der Waals surface area contributed by atoms with E-state index in [1.165, 1.54) is 0 Å². The number of aryl methyl sites for hydroxylation is 1. The lowest BCUT2D eigenvalue weighted by Gasteiger charge is -2.37. The van der Waals surface area contributed by atoms with Crippen LogP contribution in [0.3, 0.4) is 0 Å². The average molecular weight is 397 g/mol. The number of amides is 2. The number of carbonyl (C=O) groups is 2. The zero-order valence-electron chi connectivity index (χ0n) is 17.2. The molecule has 0 aliphatic carbocycles. The molecular weight excluding hydrogens is 364 g/mol. The minimum Gasteiger partial charge on any atom is -0.444 e. The van der Waals surface area contributed by atoms with E-state index < -0.39 is 17.7 Å². The molecule has 1 aliphatic rings. The Morgan fingerprint density at radius 2 is 1.89 bits per heavy atom. The zero-order chi connectivity index (χ0) is 20.2. The molecule has 27 heavy (non-hydrogen) atoms. The van der Waals surface area contributed by atoms with Crippen molar-refractivity contribution in [3.63, 3.8) is 0 Å². The van der Waals surface area contributed by atoms with Crippen LogP contribution in [-0.2, 0) is 16.1 Å². The topological polar surface area (TPSA) is 74.8 Å². The highest BCUT2D eigenvalue weighted by atomic mass is 32.1. The minimum atomic E-state index is -0.589. The molecule has 1 aliphatic heterocycles. The highest BCUT2D eigenvalue weighted by Gasteiger charge is 2.32. The van der Waals surface area contributed by atoms with Crippen molar-refractivity contribution in [1.82, 2.24) is 20.1 Å². The molecule has 1 atom stereocenters. The van der Waals surface area contributed by atoms with Crippen molar-refractivity contribution < 1.29 is 14.3 Å². The first-order chi connectivity index (χ1) is 12.5. The SMILES string of the molecule is Cc1nc(CN2CCN(C(=O)C(NC(=O)OC(C)(C)C)C(C)C)CC2)cs1. The number of thiazole rings is 1. The standard InChI is InChI=1S/C19H32N4O3S/c1-13(2)16(21-18(25)26-19(4,5)6)17(24)23-9-7-22(8-10-23)11-15-12-27-14(3)20-15/h12-13,16H,7-11H2,1-6H3,(H,21,25). The molecule has 0 radical (unpaired) electrons. The maximum atomic E-state index is 12.9. The highest BCUT2D eigenvalue weighted by Crippen LogP contribution is 2.15. The summed E-state index contributed by atoms with van der Waals surface area (Å²) in [5.74, 6) is -0.0546. The molecule has 2 heterocycles. The van der Waals surface area contributed by atoms with E-state index in [1.807, 2.05) is 46.4 Å². The predicted octanol–water partition coefficient (Wildman–Crippen LogP) is 2.65. The first-order valence-electron chi connectivity index (χ1n) is 9.47. The van der Waals surface area contributed by atoms with Crippen molar-refractivity contribution >= 4 is 23.3 Å². The quantitative estimate of drug-likeness (QED) is 0.828. The first kappa shape index (κ1) is 21.6. The second kappa shape index (κ2) is 9.01. The number of piperazine rings is 1. The molecule has 0 aromatic carbocycles. The molecule has 2 rings (SSSR count). The molecule has 1 fully saturated rings. The maximum absolute atomic E-state index is 12.9. The van der Waals surface area contributed by atoms with E-state index in [4.69, 9.17) is 4.74 Å². The minimum absolute atomic E-state index is 0.0129. The molecule has 1 N–H and O–H groups in total. The van der Waals surface area contributed by atoms with Gasteiger partial charge in [0.05, 0.1) is 10.7 Å². The number of nitrogens with one attached hydrogen (secondary N) is 1. The highest BCUT2D eigenvalue weighted by molar-refractivity contribution is 7.09. The molecule has 7 nitrogen and oxygen atoms in total. The van der Waals surface area contributed by atoms with Gasteiger partial charge in [-0.25, -0.2) is 9.78 Å². The Kier molecular flexibility index (Phi) is 7.22. The molecule has 2 amide bonds. The van der Waals surface area contributed by atoms with Crippen molar-refractivity contribution in [3.05, 3.63) is 16.1 Å². The van der Waals surface area contributed by atoms with Crippen molar-refractivity contribution in [2.45, 2.75) is 59.7 Å². The molecule has 1 unspecified atom stereocenters. The Morgan fingerprint density at radius 3 is 2.37 bits per heavy atom. The fraction of sp³-hybridized carbons (Fsp3) is 0.737. The summed E-state index contributed by atoms with van der Waals surface area (Å²) in [4.78, 5) is 33.7. The van der Waals surface area contributed by atoms with Crippen LogP contribution in [0.2, 0.25) is 0 Å². The largest absolute Gasteiger partial charge is 0.444 e. The fourth-order valence-corrected chi connectivity index (χ4v) is 3.58. The van der Waals surface area contributed by atoms with Crippen LogP contribution in [0.1, 0.15) is 45.3 Å². The van der Waals surface area contributed by atoms with Crippen molar-refractivity contribution in [2.75, 3.05) is 26.2 Å². The number of ether oxygens (including phenoxy) is 1. The Bertz CT molecular complexity index is 646. The van der Waals surface area contributed by atoms with Gasteiger partial charge in [0.25, 0.3) is 0 Å². The van der Waals surface area contributed by atoms with Gasteiger partial charge in [-0.3, -0.25) is 9.69 Å². The van der Waals surface area contributed by atoms with E-state index >= 15 is 0 Å². The van der Waals surface area contributed by atoms with Crippen LogP contribution in [-0.4, -0.2) is 64.6 Å². The van der Waals surface area contributed by atoms with Gasteiger partial charge in [0.15, 0.2) is 0 Å². The molecule has 1 saturated heterocycles. The van der Waals surface area contributed by atoms with Crippen LogP contribution in [0.4, 0.5) is 4.79 Å². The van der Waals surface area contributed by atoms with Gasteiger partial charge in [-0.2, -0.15) is 0 Å². The molecule has 0 saturated carbocycles. The lowest BCUT2D eigenvalue weighted by molar-refractivity contribution is -0.136. The van der Waals surface area contributed by atoms with Crippen LogP contribution in [0.25, 0.3) is 0 Å². The summed E-state index contributed by atoms with van der Waals surface area (Å²) >= 11 is 1.66. The summed E-state index contributed by atoms with van der Waals surface area (Å²) in [7, 11) is 0. The normalized spacial score (nSPS) is 17.1. The van der Waals surface area contributed by atoms with Gasteiger partial charge < -0.3 is 15.0 Å². The molecule has 152 valence electrons. The van der Waals surface area contributed by atoms with Crippen LogP contribution in [0.5, 0.6) is 0 Å². The molecule has 8 heteroatoms. The maximum Gasteiger partial charge on any atom is 0.408 e. The Morgan fingerprint density at radius 1 is 1.26 bits per heavy atom. The third-order valence-electron chi connectivity index (χ3n) is 4.34. The molecule has 1 aromatic rings. The van der Waals surface area contributed by atoms with Crippen LogP contribution >= 0.6 is 11.3 Å². The van der Waals surface area contributed by atoms with Gasteiger partial charge in [-0.05, 0) is 33.6 Å². The zero-order valence-corrected chi connectivity index (χ0v) is 18.1. The number of hydrogen-bond donors (Lipinski definition) is 1. The van der Waals surface area contributed by atoms with Crippen LogP contribution in [0, 0.1) is 12.8 Å². The van der Waals surface area contributed by atoms with Gasteiger partial charge in [-0.15, -0.1) is 11.3 Å². The summed E-state index contributed by atoms with van der Waals surface area (Å²) in [5, 5.41) is 5.91. The van der Waals surface area contributed by atoms with E-state index in [1.54, 1.807) is 11.3 Å². The van der Waals surface area contributed by atoms with E-state index in [2.05, 4.69) is 20.6 Å². The average Bonchev–Trinajstić information content (AvgIpc) is 2.96. The number of aromatic nitrogens is 1. The number of alkyl carbamates (subject to hydrolysis) is 1. The van der Waals surface area contributed by atoms with E-state index in [-0.39, 0.29) is 11.8 Å². The van der Waals surface area contributed by atoms with Crippen LogP contribution < -0.4 is 5.32 Å². The summed E-state index contributed by atoms with van der Waals surface area (Å²) in [6.45, 7) is 15.0. The van der Waals surface area contributed by atoms with Gasteiger partial charge >= 0.3 is 6.09 Å². The van der Waals surface area contributed by atoms with Gasteiger partial charge in [0, 0.05) is 38.1 Å². The fourth-order valence-electron chi connectivity index (χ4n) is 2.98. The van der Waals surface area contributed by atoms with Crippen molar-refractivity contribution in [2.24, 2.45) is 5.92 Å². The third kappa shape index (κ3) is 6.77. The predicted molar refractivity (Wildman–Crippen MR) is 107 cm³/mol. The van der Waals surface area contributed by atoms with E-state index in [9.17, 15) is 9.59 Å². The van der Waals surface area contributed by atoms with Gasteiger partial charge in [0.2, 0.25) is 5.91 Å². The third-order valence-corrected chi connectivity index (χ3v) is 5.16. The van der Waals surface area contributed by atoms with Crippen molar-refractivity contribution in [3.8, 4) is 0 Å². The summed E-state index contributed by atoms with van der Waals surface area (Å²) < 4.78 is 5.31. The van der Waals surface area contributed by atoms with Gasteiger partial charge in [0.1, 0.15) is 11.6 Å². The lowest BCUT2D eigenvalue weighted by atomic mass is 10.0. The Balaban J connectivity index is 1.88. The molecule has 0 spiro atoms. The Labute approximate surface area is 166 Å². The first-order valence-corrected chi connectivity index (χ1v) is 10.3. The van der Waals surface area contributed by atoms with Gasteiger partial charge in [-0.1, -0.05) is 13.8 Å². The number of hydrogen-bond acceptors (Lipinski definition) is 6. The Hall–Kier alpha value is -1.67. The summed E-state index contributed by atoms with van der Waals surface area (Å²) in [5.41, 5.74) is 0.498. The number of carbonyl (C=O) groups excluding carboxylic acids is 2. The van der Waals surface area contributed by atoms with Crippen molar-refractivity contribution in [1.29, 1.82) is 0 Å². The summed E-state index contributed by atoms with van der Waals surface area (Å²) in [6.07, 6.45) is -0.549.